The summed E-state index contributed by atoms with van der Waals surface area (Å²) in [5.41, 5.74) is 6.32. The summed E-state index contributed by atoms with van der Waals surface area (Å²) in [6.07, 6.45) is 0. The first-order chi connectivity index (χ1) is 9.47. The van der Waals surface area contributed by atoms with Gasteiger partial charge in [0.15, 0.2) is 0 Å². The number of rotatable bonds is 3. The lowest BCUT2D eigenvalue weighted by atomic mass is 10.1. The molecule has 3 N–H and O–H groups in total. The summed E-state index contributed by atoms with van der Waals surface area (Å²) >= 11 is 9.14. The third-order valence-electron chi connectivity index (χ3n) is 2.58. The smallest absolute Gasteiger partial charge is 0.255 e. The predicted octanol–water partition coefficient (Wildman–Crippen LogP) is 3.45. The molecule has 2 amide bonds. The molecular formula is C14H10BrClN2O2. The molecule has 0 radical (unpaired) electrons. The van der Waals surface area contributed by atoms with E-state index in [1.807, 2.05) is 6.07 Å². The molecule has 0 aromatic heterocycles. The van der Waals surface area contributed by atoms with Gasteiger partial charge in [0.1, 0.15) is 0 Å². The molecule has 0 saturated heterocycles. The van der Waals surface area contributed by atoms with E-state index in [1.165, 1.54) is 12.1 Å². The zero-order valence-corrected chi connectivity index (χ0v) is 12.5. The zero-order chi connectivity index (χ0) is 14.7. The van der Waals surface area contributed by atoms with Crippen LogP contribution in [0.2, 0.25) is 5.02 Å². The van der Waals surface area contributed by atoms with Gasteiger partial charge in [-0.2, -0.15) is 0 Å². The van der Waals surface area contributed by atoms with Crippen molar-refractivity contribution < 1.29 is 9.59 Å². The first kappa shape index (κ1) is 14.6. The second-order valence-corrected chi connectivity index (χ2v) is 5.35. The Labute approximate surface area is 129 Å². The summed E-state index contributed by atoms with van der Waals surface area (Å²) in [5, 5.41) is 2.93. The van der Waals surface area contributed by atoms with E-state index >= 15 is 0 Å². The van der Waals surface area contributed by atoms with Crippen molar-refractivity contribution in [1.82, 2.24) is 0 Å². The number of nitrogens with two attached hydrogens (primary N) is 1. The normalized spacial score (nSPS) is 10.1. The van der Waals surface area contributed by atoms with Crippen LogP contribution in [0.25, 0.3) is 0 Å². The van der Waals surface area contributed by atoms with Gasteiger partial charge in [-0.25, -0.2) is 0 Å². The molecule has 6 heteroatoms. The fourth-order valence-electron chi connectivity index (χ4n) is 1.62. The van der Waals surface area contributed by atoms with E-state index < -0.39 is 5.91 Å². The largest absolute Gasteiger partial charge is 0.366 e. The fourth-order valence-corrected chi connectivity index (χ4v) is 2.23. The molecule has 20 heavy (non-hydrogen) atoms. The maximum absolute atomic E-state index is 12.1. The van der Waals surface area contributed by atoms with Gasteiger partial charge in [0.25, 0.3) is 5.91 Å². The van der Waals surface area contributed by atoms with Gasteiger partial charge in [-0.3, -0.25) is 9.59 Å². The van der Waals surface area contributed by atoms with Crippen molar-refractivity contribution in [3.05, 3.63) is 63.1 Å². The van der Waals surface area contributed by atoms with Crippen LogP contribution in [-0.2, 0) is 0 Å². The first-order valence-electron chi connectivity index (χ1n) is 5.63. The number of primary amides is 1. The number of hydrogen-bond donors (Lipinski definition) is 2. The lowest BCUT2D eigenvalue weighted by molar-refractivity contribution is 0.0996. The molecule has 0 aliphatic carbocycles. The number of amides is 2. The molecule has 2 aromatic rings. The number of benzene rings is 2. The van der Waals surface area contributed by atoms with Gasteiger partial charge < -0.3 is 11.1 Å². The van der Waals surface area contributed by atoms with E-state index in [2.05, 4.69) is 21.2 Å². The number of anilines is 1. The van der Waals surface area contributed by atoms with Crippen LogP contribution >= 0.6 is 27.5 Å². The molecule has 0 unspecified atom stereocenters. The Morgan fingerprint density at radius 1 is 1.15 bits per heavy atom. The topological polar surface area (TPSA) is 72.2 Å². The SMILES string of the molecule is NC(=O)c1cc(NC(=O)c2cccc(Br)c2)ccc1Cl. The third kappa shape index (κ3) is 3.37. The van der Waals surface area contributed by atoms with Gasteiger partial charge in [0, 0.05) is 15.7 Å². The van der Waals surface area contributed by atoms with Crippen molar-refractivity contribution in [2.75, 3.05) is 5.32 Å². The number of hydrogen-bond acceptors (Lipinski definition) is 2. The van der Waals surface area contributed by atoms with Crippen molar-refractivity contribution in [3.8, 4) is 0 Å². The Morgan fingerprint density at radius 2 is 1.90 bits per heavy atom. The number of halogens is 2. The van der Waals surface area contributed by atoms with Gasteiger partial charge in [-0.15, -0.1) is 0 Å². The number of nitrogens with one attached hydrogen (secondary N) is 1. The molecule has 0 fully saturated rings. The van der Waals surface area contributed by atoms with Crippen LogP contribution in [0, 0.1) is 0 Å². The summed E-state index contributed by atoms with van der Waals surface area (Å²) < 4.78 is 0.805. The Hall–Kier alpha value is -1.85. The van der Waals surface area contributed by atoms with Crippen LogP contribution in [0.15, 0.2) is 46.9 Å². The van der Waals surface area contributed by atoms with Crippen LogP contribution in [-0.4, -0.2) is 11.8 Å². The average molecular weight is 354 g/mol. The van der Waals surface area contributed by atoms with Crippen LogP contribution in [0.5, 0.6) is 0 Å². The van der Waals surface area contributed by atoms with Gasteiger partial charge in [-0.05, 0) is 36.4 Å². The monoisotopic (exact) mass is 352 g/mol. The standard InChI is InChI=1S/C14H10BrClN2O2/c15-9-3-1-2-8(6-9)14(20)18-10-4-5-12(16)11(7-10)13(17)19/h1-7H,(H2,17,19)(H,18,20). The highest BCUT2D eigenvalue weighted by molar-refractivity contribution is 9.10. The van der Waals surface area contributed by atoms with Crippen molar-refractivity contribution in [1.29, 1.82) is 0 Å². The summed E-state index contributed by atoms with van der Waals surface area (Å²) in [6.45, 7) is 0. The van der Waals surface area contributed by atoms with E-state index in [0.717, 1.165) is 4.47 Å². The molecule has 102 valence electrons. The van der Waals surface area contributed by atoms with Crippen molar-refractivity contribution >= 4 is 45.0 Å². The Morgan fingerprint density at radius 3 is 2.55 bits per heavy atom. The summed E-state index contributed by atoms with van der Waals surface area (Å²) in [6, 6.07) is 11.5. The van der Waals surface area contributed by atoms with Gasteiger partial charge in [0.2, 0.25) is 5.91 Å². The van der Waals surface area contributed by atoms with E-state index in [-0.39, 0.29) is 16.5 Å². The lowest BCUT2D eigenvalue weighted by Crippen LogP contribution is -2.15. The van der Waals surface area contributed by atoms with Crippen LogP contribution in [0.1, 0.15) is 20.7 Å². The van der Waals surface area contributed by atoms with Crippen LogP contribution in [0.4, 0.5) is 5.69 Å². The summed E-state index contributed by atoms with van der Waals surface area (Å²) in [4.78, 5) is 23.2. The molecule has 4 nitrogen and oxygen atoms in total. The van der Waals surface area contributed by atoms with Crippen LogP contribution < -0.4 is 11.1 Å². The van der Waals surface area contributed by atoms with E-state index in [1.54, 1.807) is 24.3 Å². The van der Waals surface area contributed by atoms with Gasteiger partial charge in [-0.1, -0.05) is 33.6 Å². The molecule has 0 saturated carbocycles. The molecule has 0 bridgehead atoms. The average Bonchev–Trinajstić information content (AvgIpc) is 2.40. The highest BCUT2D eigenvalue weighted by Crippen LogP contribution is 2.21. The van der Waals surface area contributed by atoms with Gasteiger partial charge in [0.05, 0.1) is 10.6 Å². The Bertz CT molecular complexity index is 689. The van der Waals surface area contributed by atoms with Gasteiger partial charge >= 0.3 is 0 Å². The first-order valence-corrected chi connectivity index (χ1v) is 6.81. The highest BCUT2D eigenvalue weighted by Gasteiger charge is 2.10. The van der Waals surface area contributed by atoms with Crippen molar-refractivity contribution in [3.63, 3.8) is 0 Å². The molecule has 2 rings (SSSR count). The molecular weight excluding hydrogens is 344 g/mol. The maximum Gasteiger partial charge on any atom is 0.255 e. The summed E-state index contributed by atoms with van der Waals surface area (Å²) in [7, 11) is 0. The minimum Gasteiger partial charge on any atom is -0.366 e. The fraction of sp³-hybridized carbons (Fsp3) is 0. The predicted molar refractivity (Wildman–Crippen MR) is 82.1 cm³/mol. The molecule has 0 spiro atoms. The molecule has 0 aliphatic rings. The minimum atomic E-state index is -0.645. The maximum atomic E-state index is 12.1. The third-order valence-corrected chi connectivity index (χ3v) is 3.40. The quantitative estimate of drug-likeness (QED) is 0.887. The Kier molecular flexibility index (Phi) is 4.42. The second-order valence-electron chi connectivity index (χ2n) is 4.02. The minimum absolute atomic E-state index is 0.165. The van der Waals surface area contributed by atoms with E-state index in [0.29, 0.717) is 11.3 Å². The van der Waals surface area contributed by atoms with E-state index in [9.17, 15) is 9.59 Å². The highest BCUT2D eigenvalue weighted by atomic mass is 79.9. The van der Waals surface area contributed by atoms with Crippen molar-refractivity contribution in [2.24, 2.45) is 5.73 Å². The number of carbonyl (C=O) groups is 2. The van der Waals surface area contributed by atoms with Crippen molar-refractivity contribution in [2.45, 2.75) is 0 Å². The van der Waals surface area contributed by atoms with E-state index in [4.69, 9.17) is 17.3 Å². The Balaban J connectivity index is 2.24. The molecule has 0 heterocycles. The summed E-state index contributed by atoms with van der Waals surface area (Å²) in [5.74, 6) is -0.933. The number of carbonyl (C=O) groups excluding carboxylic acids is 2. The molecule has 0 atom stereocenters. The molecule has 2 aromatic carbocycles. The zero-order valence-electron chi connectivity index (χ0n) is 10.2. The second kappa shape index (κ2) is 6.07. The van der Waals surface area contributed by atoms with Crippen LogP contribution in [0.3, 0.4) is 0 Å². The molecule has 0 aliphatic heterocycles. The lowest BCUT2D eigenvalue weighted by Gasteiger charge is -2.07.